The first-order valence-electron chi connectivity index (χ1n) is 6.83. The molecule has 0 aromatic heterocycles. The summed E-state index contributed by atoms with van der Waals surface area (Å²) in [5.74, 6) is 0.779. The zero-order valence-corrected chi connectivity index (χ0v) is 13.2. The summed E-state index contributed by atoms with van der Waals surface area (Å²) in [5.41, 5.74) is 0.926. The van der Waals surface area contributed by atoms with Crippen LogP contribution in [-0.2, 0) is 10.8 Å². The normalized spacial score (nSPS) is 28.7. The van der Waals surface area contributed by atoms with Crippen molar-refractivity contribution in [2.45, 2.75) is 48.5 Å². The van der Waals surface area contributed by atoms with Gasteiger partial charge in [-0.1, -0.05) is 44.2 Å². The fraction of sp³-hybridized carbons (Fsp3) is 0.600. The highest BCUT2D eigenvalue weighted by molar-refractivity contribution is 8.13. The molecule has 1 aliphatic heterocycles. The highest BCUT2D eigenvalue weighted by atomic mass is 32.2. The van der Waals surface area contributed by atoms with Crippen molar-refractivity contribution >= 4 is 22.6 Å². The molecule has 1 aromatic carbocycles. The van der Waals surface area contributed by atoms with Gasteiger partial charge in [-0.3, -0.25) is 4.21 Å². The molecule has 0 amide bonds. The summed E-state index contributed by atoms with van der Waals surface area (Å²) in [6.45, 7) is 4.27. The number of aliphatic hydroxyl groups excluding tert-OH is 1. The van der Waals surface area contributed by atoms with Crippen LogP contribution in [0.2, 0.25) is 0 Å². The molecule has 1 aromatic rings. The molecule has 0 spiro atoms. The predicted octanol–water partition coefficient (Wildman–Crippen LogP) is 3.49. The van der Waals surface area contributed by atoms with Gasteiger partial charge in [-0.15, -0.1) is 11.8 Å². The first kappa shape index (κ1) is 15.1. The third kappa shape index (κ3) is 3.61. The van der Waals surface area contributed by atoms with Crippen molar-refractivity contribution in [2.75, 3.05) is 5.75 Å². The molecule has 1 N–H and O–H groups in total. The number of rotatable bonds is 5. The second kappa shape index (κ2) is 6.42. The van der Waals surface area contributed by atoms with Gasteiger partial charge in [-0.05, 0) is 18.4 Å². The SMILES string of the molecule is CC(C)S[C@]1(C[C@@H](O)c2ccccc2)CCC[S@]1=O. The van der Waals surface area contributed by atoms with Crippen LogP contribution in [0, 0.1) is 0 Å². The number of hydrogen-bond donors (Lipinski definition) is 1. The minimum Gasteiger partial charge on any atom is -0.388 e. The van der Waals surface area contributed by atoms with Crippen molar-refractivity contribution in [3.8, 4) is 0 Å². The molecule has 1 aliphatic rings. The van der Waals surface area contributed by atoms with E-state index < -0.39 is 16.9 Å². The molecular formula is C15H22O2S2. The van der Waals surface area contributed by atoms with Gasteiger partial charge in [-0.2, -0.15) is 0 Å². The van der Waals surface area contributed by atoms with E-state index in [0.717, 1.165) is 24.2 Å². The topological polar surface area (TPSA) is 37.3 Å². The van der Waals surface area contributed by atoms with Gasteiger partial charge in [0.2, 0.25) is 0 Å². The van der Waals surface area contributed by atoms with Crippen LogP contribution < -0.4 is 0 Å². The fourth-order valence-corrected chi connectivity index (χ4v) is 6.77. The average Bonchev–Trinajstić information content (AvgIpc) is 2.71. The summed E-state index contributed by atoms with van der Waals surface area (Å²) in [4.78, 5) is 0. The van der Waals surface area contributed by atoms with Crippen LogP contribution in [0.5, 0.6) is 0 Å². The van der Waals surface area contributed by atoms with Crippen molar-refractivity contribution in [3.05, 3.63) is 35.9 Å². The van der Waals surface area contributed by atoms with Gasteiger partial charge in [-0.25, -0.2) is 0 Å². The number of aliphatic hydroxyl groups is 1. The maximum atomic E-state index is 12.4. The van der Waals surface area contributed by atoms with Gasteiger partial charge < -0.3 is 5.11 Å². The number of hydrogen-bond acceptors (Lipinski definition) is 3. The standard InChI is InChI=1S/C15H22O2S2/c1-12(2)18-15(9-6-10-19(15)17)11-14(16)13-7-4-3-5-8-13/h3-5,7-8,12,14,16H,6,9-11H2,1-2H3/t14-,15-,19-/m1/s1. The molecular weight excluding hydrogens is 276 g/mol. The van der Waals surface area contributed by atoms with Crippen molar-refractivity contribution in [1.82, 2.24) is 0 Å². The summed E-state index contributed by atoms with van der Waals surface area (Å²) in [6, 6.07) is 9.70. The summed E-state index contributed by atoms with van der Waals surface area (Å²) >= 11 is 1.78. The van der Waals surface area contributed by atoms with Crippen LogP contribution in [-0.4, -0.2) is 24.4 Å². The van der Waals surface area contributed by atoms with Crippen molar-refractivity contribution < 1.29 is 9.32 Å². The Hall–Kier alpha value is -0.320. The van der Waals surface area contributed by atoms with E-state index in [9.17, 15) is 9.32 Å². The third-order valence-electron chi connectivity index (χ3n) is 3.44. The molecule has 0 unspecified atom stereocenters. The smallest absolute Gasteiger partial charge is 0.0939 e. The highest BCUT2D eigenvalue weighted by Gasteiger charge is 2.43. The first-order chi connectivity index (χ1) is 9.03. The van der Waals surface area contributed by atoms with E-state index >= 15 is 0 Å². The maximum Gasteiger partial charge on any atom is 0.0939 e. The van der Waals surface area contributed by atoms with Crippen LogP contribution in [0.1, 0.15) is 44.8 Å². The van der Waals surface area contributed by atoms with E-state index in [1.165, 1.54) is 0 Å². The molecule has 1 fully saturated rings. The summed E-state index contributed by atoms with van der Waals surface area (Å²) in [6.07, 6.45) is 2.03. The van der Waals surface area contributed by atoms with Crippen LogP contribution >= 0.6 is 11.8 Å². The molecule has 2 nitrogen and oxygen atoms in total. The molecule has 4 heteroatoms. The van der Waals surface area contributed by atoms with Gasteiger partial charge in [0.05, 0.1) is 10.2 Å². The average molecular weight is 298 g/mol. The number of benzene rings is 1. The molecule has 19 heavy (non-hydrogen) atoms. The lowest BCUT2D eigenvalue weighted by Crippen LogP contribution is -2.30. The Morgan fingerprint density at radius 3 is 2.58 bits per heavy atom. The Balaban J connectivity index is 2.15. The minimum absolute atomic E-state index is 0.260. The van der Waals surface area contributed by atoms with E-state index in [1.54, 1.807) is 11.8 Å². The molecule has 0 saturated carbocycles. The van der Waals surface area contributed by atoms with E-state index in [-0.39, 0.29) is 4.08 Å². The van der Waals surface area contributed by atoms with Crippen molar-refractivity contribution in [3.63, 3.8) is 0 Å². The second-order valence-electron chi connectivity index (χ2n) is 5.36. The van der Waals surface area contributed by atoms with Crippen LogP contribution in [0.4, 0.5) is 0 Å². The molecule has 106 valence electrons. The monoisotopic (exact) mass is 298 g/mol. The zero-order valence-electron chi connectivity index (χ0n) is 11.5. The van der Waals surface area contributed by atoms with Crippen LogP contribution in [0.3, 0.4) is 0 Å². The van der Waals surface area contributed by atoms with Gasteiger partial charge in [0, 0.05) is 28.2 Å². The van der Waals surface area contributed by atoms with E-state index in [4.69, 9.17) is 0 Å². The fourth-order valence-electron chi connectivity index (χ4n) is 2.65. The van der Waals surface area contributed by atoms with E-state index in [1.807, 2.05) is 30.3 Å². The van der Waals surface area contributed by atoms with Crippen molar-refractivity contribution in [1.29, 1.82) is 0 Å². The van der Waals surface area contributed by atoms with Crippen LogP contribution in [0.25, 0.3) is 0 Å². The predicted molar refractivity (Wildman–Crippen MR) is 83.7 cm³/mol. The van der Waals surface area contributed by atoms with Crippen molar-refractivity contribution in [2.24, 2.45) is 0 Å². The summed E-state index contributed by atoms with van der Waals surface area (Å²) in [7, 11) is -0.831. The highest BCUT2D eigenvalue weighted by Crippen LogP contribution is 2.47. The third-order valence-corrected chi connectivity index (χ3v) is 7.42. The van der Waals surface area contributed by atoms with E-state index in [0.29, 0.717) is 11.7 Å². The van der Waals surface area contributed by atoms with Gasteiger partial charge in [0.15, 0.2) is 0 Å². The van der Waals surface area contributed by atoms with E-state index in [2.05, 4.69) is 13.8 Å². The Morgan fingerprint density at radius 1 is 1.37 bits per heavy atom. The lowest BCUT2D eigenvalue weighted by molar-refractivity contribution is 0.162. The minimum atomic E-state index is -0.831. The number of thioether (sulfide) groups is 1. The largest absolute Gasteiger partial charge is 0.388 e. The Morgan fingerprint density at radius 2 is 2.05 bits per heavy atom. The molecule has 1 saturated heterocycles. The molecule has 0 aliphatic carbocycles. The Kier molecular flexibility index (Phi) is 5.09. The lowest BCUT2D eigenvalue weighted by Gasteiger charge is -2.31. The molecule has 0 bridgehead atoms. The summed E-state index contributed by atoms with van der Waals surface area (Å²) < 4.78 is 12.1. The molecule has 2 rings (SSSR count). The van der Waals surface area contributed by atoms with Gasteiger partial charge >= 0.3 is 0 Å². The summed E-state index contributed by atoms with van der Waals surface area (Å²) in [5, 5.41) is 10.9. The van der Waals surface area contributed by atoms with Crippen LogP contribution in [0.15, 0.2) is 30.3 Å². The zero-order chi connectivity index (χ0) is 13.9. The molecule has 3 atom stereocenters. The second-order valence-corrected chi connectivity index (χ2v) is 9.46. The maximum absolute atomic E-state index is 12.4. The molecule has 1 heterocycles. The Bertz CT molecular complexity index is 433. The molecule has 0 radical (unpaired) electrons. The van der Waals surface area contributed by atoms with Gasteiger partial charge in [0.25, 0.3) is 0 Å². The lowest BCUT2D eigenvalue weighted by atomic mass is 10.0. The first-order valence-corrected chi connectivity index (χ1v) is 9.03. The Labute approximate surface area is 122 Å². The van der Waals surface area contributed by atoms with Gasteiger partial charge in [0.1, 0.15) is 0 Å². The quantitative estimate of drug-likeness (QED) is 0.904.